The molecule has 1 fully saturated rings. The smallest absolute Gasteiger partial charge is 0.0753 e. The van der Waals surface area contributed by atoms with Crippen LogP contribution in [0.4, 0.5) is 0 Å². The van der Waals surface area contributed by atoms with E-state index in [4.69, 9.17) is 4.74 Å². The highest BCUT2D eigenvalue weighted by Gasteiger charge is 2.29. The van der Waals surface area contributed by atoms with Crippen LogP contribution >= 0.6 is 0 Å². The summed E-state index contributed by atoms with van der Waals surface area (Å²) in [5.74, 6) is 0.738. The molecule has 0 amide bonds. The number of rotatable bonds is 7. The van der Waals surface area contributed by atoms with E-state index in [9.17, 15) is 0 Å². The zero-order chi connectivity index (χ0) is 13.6. The highest BCUT2D eigenvalue weighted by atomic mass is 16.5. The van der Waals surface area contributed by atoms with Crippen molar-refractivity contribution in [2.75, 3.05) is 32.8 Å². The number of nitrogens with one attached hydrogen (secondary N) is 1. The van der Waals surface area contributed by atoms with Gasteiger partial charge in [-0.05, 0) is 32.7 Å². The molecule has 0 aromatic rings. The van der Waals surface area contributed by atoms with E-state index in [-0.39, 0.29) is 5.60 Å². The first-order valence-electron chi connectivity index (χ1n) is 7.58. The minimum Gasteiger partial charge on any atom is -0.373 e. The average molecular weight is 256 g/mol. The average Bonchev–Trinajstić information content (AvgIpc) is 2.32. The van der Waals surface area contributed by atoms with Gasteiger partial charge in [0.2, 0.25) is 0 Å². The molecule has 3 heteroatoms. The molecule has 0 aromatic carbocycles. The van der Waals surface area contributed by atoms with E-state index >= 15 is 0 Å². The van der Waals surface area contributed by atoms with Crippen molar-refractivity contribution in [3.8, 4) is 0 Å². The van der Waals surface area contributed by atoms with Crippen LogP contribution in [0.25, 0.3) is 0 Å². The fraction of sp³-hybridized carbons (Fsp3) is 1.00. The molecule has 0 saturated carbocycles. The number of nitrogens with zero attached hydrogens (tertiary/aromatic N) is 1. The molecule has 1 N–H and O–H groups in total. The number of hydrogen-bond acceptors (Lipinski definition) is 3. The maximum Gasteiger partial charge on any atom is 0.0753 e. The summed E-state index contributed by atoms with van der Waals surface area (Å²) in [6.45, 7) is 16.5. The lowest BCUT2D eigenvalue weighted by atomic mass is 9.97. The summed E-state index contributed by atoms with van der Waals surface area (Å²) >= 11 is 0. The molecule has 0 bridgehead atoms. The summed E-state index contributed by atoms with van der Waals surface area (Å²) in [5.41, 5.74) is 0.0169. The topological polar surface area (TPSA) is 24.5 Å². The lowest BCUT2D eigenvalue weighted by molar-refractivity contribution is -0.0885. The predicted molar refractivity (Wildman–Crippen MR) is 78.0 cm³/mol. The lowest BCUT2D eigenvalue weighted by Crippen LogP contribution is -2.53. The van der Waals surface area contributed by atoms with Crippen molar-refractivity contribution in [3.63, 3.8) is 0 Å². The van der Waals surface area contributed by atoms with Gasteiger partial charge in [-0.15, -0.1) is 0 Å². The van der Waals surface area contributed by atoms with E-state index in [0.29, 0.717) is 6.04 Å². The van der Waals surface area contributed by atoms with Crippen LogP contribution in [0, 0.1) is 5.92 Å². The number of ether oxygens (including phenoxy) is 1. The van der Waals surface area contributed by atoms with Crippen LogP contribution in [0.3, 0.4) is 0 Å². The molecule has 1 aliphatic heterocycles. The second-order valence-electron chi connectivity index (χ2n) is 6.29. The van der Waals surface area contributed by atoms with Crippen LogP contribution in [0.5, 0.6) is 0 Å². The molecule has 0 aliphatic carbocycles. The molecule has 0 spiro atoms. The van der Waals surface area contributed by atoms with Crippen molar-refractivity contribution in [1.29, 1.82) is 0 Å². The fourth-order valence-electron chi connectivity index (χ4n) is 2.61. The van der Waals surface area contributed by atoms with Crippen molar-refractivity contribution in [2.24, 2.45) is 5.92 Å². The SMILES string of the molecule is CCCNC(CN1CCOC(C)(C)C1)C(C)CC. The first kappa shape index (κ1) is 15.9. The van der Waals surface area contributed by atoms with E-state index in [0.717, 1.165) is 38.7 Å². The third-order valence-corrected chi connectivity index (χ3v) is 3.95. The molecule has 18 heavy (non-hydrogen) atoms. The highest BCUT2D eigenvalue weighted by Crippen LogP contribution is 2.18. The maximum atomic E-state index is 5.78. The Labute approximate surface area is 113 Å². The van der Waals surface area contributed by atoms with Gasteiger partial charge in [0.1, 0.15) is 0 Å². The summed E-state index contributed by atoms with van der Waals surface area (Å²) in [5, 5.41) is 3.71. The standard InChI is InChI=1S/C15H32N2O/c1-6-8-16-14(13(3)7-2)11-17-9-10-18-15(4,5)12-17/h13-14,16H,6-12H2,1-5H3. The van der Waals surface area contributed by atoms with E-state index in [2.05, 4.69) is 44.8 Å². The van der Waals surface area contributed by atoms with Crippen LogP contribution in [0.1, 0.15) is 47.5 Å². The Morgan fingerprint density at radius 2 is 2.06 bits per heavy atom. The minimum atomic E-state index is 0.0169. The molecular weight excluding hydrogens is 224 g/mol. The molecule has 0 radical (unpaired) electrons. The summed E-state index contributed by atoms with van der Waals surface area (Å²) < 4.78 is 5.78. The third kappa shape index (κ3) is 5.25. The third-order valence-electron chi connectivity index (χ3n) is 3.95. The Bertz CT molecular complexity index is 231. The zero-order valence-electron chi connectivity index (χ0n) is 13.0. The molecular formula is C15H32N2O. The van der Waals surface area contributed by atoms with E-state index in [1.807, 2.05) is 0 Å². The van der Waals surface area contributed by atoms with E-state index in [1.54, 1.807) is 0 Å². The van der Waals surface area contributed by atoms with Gasteiger partial charge >= 0.3 is 0 Å². The first-order valence-corrected chi connectivity index (χ1v) is 7.58. The normalized spacial score (nSPS) is 23.8. The molecule has 1 rings (SSSR count). The molecule has 108 valence electrons. The zero-order valence-corrected chi connectivity index (χ0v) is 13.0. The Balaban J connectivity index is 2.48. The van der Waals surface area contributed by atoms with E-state index in [1.165, 1.54) is 12.8 Å². The summed E-state index contributed by atoms with van der Waals surface area (Å²) in [7, 11) is 0. The molecule has 2 unspecified atom stereocenters. The van der Waals surface area contributed by atoms with Gasteiger partial charge in [0, 0.05) is 25.7 Å². The van der Waals surface area contributed by atoms with Gasteiger partial charge in [-0.2, -0.15) is 0 Å². The molecule has 3 nitrogen and oxygen atoms in total. The van der Waals surface area contributed by atoms with Crippen LogP contribution in [0.15, 0.2) is 0 Å². The quantitative estimate of drug-likeness (QED) is 0.757. The summed E-state index contributed by atoms with van der Waals surface area (Å²) in [6, 6.07) is 0.615. The van der Waals surface area contributed by atoms with E-state index < -0.39 is 0 Å². The lowest BCUT2D eigenvalue weighted by Gasteiger charge is -2.40. The first-order chi connectivity index (χ1) is 8.48. The Morgan fingerprint density at radius 1 is 1.33 bits per heavy atom. The van der Waals surface area contributed by atoms with Gasteiger partial charge in [-0.25, -0.2) is 0 Å². The molecule has 2 atom stereocenters. The fourth-order valence-corrected chi connectivity index (χ4v) is 2.61. The maximum absolute atomic E-state index is 5.78. The number of morpholine rings is 1. The molecule has 1 aliphatic rings. The van der Waals surface area contributed by atoms with Crippen molar-refractivity contribution in [2.45, 2.75) is 59.1 Å². The van der Waals surface area contributed by atoms with Crippen molar-refractivity contribution < 1.29 is 4.74 Å². The van der Waals surface area contributed by atoms with Crippen LogP contribution in [-0.4, -0.2) is 49.3 Å². The Morgan fingerprint density at radius 3 is 2.61 bits per heavy atom. The largest absolute Gasteiger partial charge is 0.373 e. The number of hydrogen-bond donors (Lipinski definition) is 1. The summed E-state index contributed by atoms with van der Waals surface area (Å²) in [4.78, 5) is 2.56. The summed E-state index contributed by atoms with van der Waals surface area (Å²) in [6.07, 6.45) is 2.46. The second kappa shape index (κ2) is 7.46. The van der Waals surface area contributed by atoms with Gasteiger partial charge in [0.05, 0.1) is 12.2 Å². The van der Waals surface area contributed by atoms with Crippen LogP contribution in [0.2, 0.25) is 0 Å². The second-order valence-corrected chi connectivity index (χ2v) is 6.29. The highest BCUT2D eigenvalue weighted by molar-refractivity contribution is 4.83. The van der Waals surface area contributed by atoms with Crippen molar-refractivity contribution in [3.05, 3.63) is 0 Å². The van der Waals surface area contributed by atoms with Gasteiger partial charge in [-0.1, -0.05) is 27.2 Å². The molecule has 1 heterocycles. The monoisotopic (exact) mass is 256 g/mol. The molecule has 0 aromatic heterocycles. The molecule has 1 saturated heterocycles. The van der Waals surface area contributed by atoms with Crippen molar-refractivity contribution in [1.82, 2.24) is 10.2 Å². The van der Waals surface area contributed by atoms with Gasteiger partial charge in [-0.3, -0.25) is 4.90 Å². The van der Waals surface area contributed by atoms with Crippen LogP contribution in [-0.2, 0) is 4.74 Å². The van der Waals surface area contributed by atoms with Crippen LogP contribution < -0.4 is 5.32 Å². The predicted octanol–water partition coefficient (Wildman–Crippen LogP) is 2.51. The van der Waals surface area contributed by atoms with Gasteiger partial charge < -0.3 is 10.1 Å². The Hall–Kier alpha value is -0.120. The minimum absolute atomic E-state index is 0.0169. The van der Waals surface area contributed by atoms with Gasteiger partial charge in [0.25, 0.3) is 0 Å². The van der Waals surface area contributed by atoms with Crippen molar-refractivity contribution >= 4 is 0 Å². The van der Waals surface area contributed by atoms with Gasteiger partial charge in [0.15, 0.2) is 0 Å². The Kier molecular flexibility index (Phi) is 6.61.